The minimum atomic E-state index is -0.752. The number of hydrogen-bond acceptors (Lipinski definition) is 6. The molecule has 3 aromatic carbocycles. The molecule has 4 aromatic rings. The maximum absolute atomic E-state index is 13.3. The maximum atomic E-state index is 13.3. The molecular formula is C31H27NO5S. The van der Waals surface area contributed by atoms with Crippen molar-refractivity contribution in [3.8, 4) is 11.5 Å². The van der Waals surface area contributed by atoms with Gasteiger partial charge in [0.1, 0.15) is 29.9 Å². The van der Waals surface area contributed by atoms with Gasteiger partial charge >= 0.3 is 0 Å². The van der Waals surface area contributed by atoms with Crippen molar-refractivity contribution in [2.45, 2.75) is 26.5 Å². The Hall–Kier alpha value is -4.36. The van der Waals surface area contributed by atoms with E-state index in [0.29, 0.717) is 36.0 Å². The Morgan fingerprint density at radius 2 is 1.71 bits per heavy atom. The zero-order valence-electron chi connectivity index (χ0n) is 21.1. The molecule has 7 heteroatoms. The number of aryl methyl sites for hydroxylation is 1. The van der Waals surface area contributed by atoms with Crippen LogP contribution in [0.3, 0.4) is 0 Å². The second kappa shape index (κ2) is 10.9. The first-order chi connectivity index (χ1) is 18.5. The molecule has 0 aliphatic carbocycles. The van der Waals surface area contributed by atoms with Gasteiger partial charge in [0.15, 0.2) is 0 Å². The monoisotopic (exact) mass is 525 g/mol. The van der Waals surface area contributed by atoms with E-state index >= 15 is 0 Å². The van der Waals surface area contributed by atoms with E-state index in [2.05, 4.69) is 0 Å². The SMILES string of the molecule is CCOc1ccc(/C(O)=C2/C(=O)C(=O)N(c3ccc(OCc4ccccc4)cc3)C2c2cccs2)cc1C. The Morgan fingerprint density at radius 1 is 0.947 bits per heavy atom. The van der Waals surface area contributed by atoms with Crippen LogP contribution in [-0.4, -0.2) is 23.4 Å². The molecule has 1 fully saturated rings. The van der Waals surface area contributed by atoms with Crippen LogP contribution >= 0.6 is 11.3 Å². The Balaban J connectivity index is 1.49. The molecule has 0 bridgehead atoms. The molecule has 1 N–H and O–H groups in total. The molecule has 0 spiro atoms. The fraction of sp³-hybridized carbons (Fsp3) is 0.161. The van der Waals surface area contributed by atoms with Gasteiger partial charge in [0.05, 0.1) is 12.2 Å². The van der Waals surface area contributed by atoms with Crippen LogP contribution < -0.4 is 14.4 Å². The first kappa shape index (κ1) is 25.3. The number of anilines is 1. The average Bonchev–Trinajstić information content (AvgIpc) is 3.56. The Kier molecular flexibility index (Phi) is 7.29. The van der Waals surface area contributed by atoms with E-state index < -0.39 is 17.7 Å². The highest BCUT2D eigenvalue weighted by atomic mass is 32.1. The number of Topliss-reactive ketones (excluding diaryl/α,β-unsaturated/α-hetero) is 1. The summed E-state index contributed by atoms with van der Waals surface area (Å²) >= 11 is 1.42. The Bertz CT molecular complexity index is 1480. The average molecular weight is 526 g/mol. The number of ether oxygens (including phenoxy) is 2. The highest BCUT2D eigenvalue weighted by Crippen LogP contribution is 2.44. The van der Waals surface area contributed by atoms with E-state index in [1.807, 2.05) is 61.7 Å². The number of benzene rings is 3. The fourth-order valence-electron chi connectivity index (χ4n) is 4.53. The number of nitrogens with zero attached hydrogens (tertiary/aromatic N) is 1. The standard InChI is InChI=1S/C31H27NO5S/c1-3-36-25-16-11-22(18-20(25)2)29(33)27-28(26-10-7-17-38-26)32(31(35)30(27)34)23-12-14-24(15-13-23)37-19-21-8-5-4-6-9-21/h4-18,28,33H,3,19H2,1-2H3/b29-27-. The summed E-state index contributed by atoms with van der Waals surface area (Å²) in [6, 6.07) is 25.1. The van der Waals surface area contributed by atoms with Gasteiger partial charge in [-0.05, 0) is 78.9 Å². The lowest BCUT2D eigenvalue weighted by molar-refractivity contribution is -0.132. The smallest absolute Gasteiger partial charge is 0.300 e. The molecule has 1 aliphatic heterocycles. The molecule has 38 heavy (non-hydrogen) atoms. The predicted molar refractivity (Wildman–Crippen MR) is 149 cm³/mol. The highest BCUT2D eigenvalue weighted by Gasteiger charge is 2.47. The Labute approximate surface area is 225 Å². The summed E-state index contributed by atoms with van der Waals surface area (Å²) in [7, 11) is 0. The van der Waals surface area contributed by atoms with Gasteiger partial charge in [-0.15, -0.1) is 11.3 Å². The second-order valence-corrected chi connectivity index (χ2v) is 9.85. The van der Waals surface area contributed by atoms with Gasteiger partial charge in [0, 0.05) is 16.1 Å². The topological polar surface area (TPSA) is 76.1 Å². The van der Waals surface area contributed by atoms with Crippen molar-refractivity contribution in [1.29, 1.82) is 0 Å². The van der Waals surface area contributed by atoms with E-state index in [0.717, 1.165) is 16.0 Å². The number of rotatable bonds is 8. The quantitative estimate of drug-likeness (QED) is 0.158. The lowest BCUT2D eigenvalue weighted by atomic mass is 9.98. The normalized spacial score (nSPS) is 16.6. The van der Waals surface area contributed by atoms with Crippen LogP contribution in [0, 0.1) is 6.92 Å². The van der Waals surface area contributed by atoms with Crippen LogP contribution in [0.4, 0.5) is 5.69 Å². The third-order valence-corrected chi connectivity index (χ3v) is 7.29. The summed E-state index contributed by atoms with van der Waals surface area (Å²) in [5.74, 6) is -0.277. The molecule has 2 heterocycles. The molecule has 6 nitrogen and oxygen atoms in total. The summed E-state index contributed by atoms with van der Waals surface area (Å²) in [6.45, 7) is 4.71. The van der Waals surface area contributed by atoms with E-state index in [9.17, 15) is 14.7 Å². The number of hydrogen-bond donors (Lipinski definition) is 1. The number of aliphatic hydroxyl groups is 1. The highest BCUT2D eigenvalue weighted by molar-refractivity contribution is 7.10. The second-order valence-electron chi connectivity index (χ2n) is 8.87. The first-order valence-electron chi connectivity index (χ1n) is 12.3. The van der Waals surface area contributed by atoms with Crippen LogP contribution in [-0.2, 0) is 16.2 Å². The van der Waals surface area contributed by atoms with Gasteiger partial charge in [0.25, 0.3) is 11.7 Å². The van der Waals surface area contributed by atoms with E-state index in [-0.39, 0.29) is 11.3 Å². The summed E-state index contributed by atoms with van der Waals surface area (Å²) < 4.78 is 11.5. The van der Waals surface area contributed by atoms with Crippen LogP contribution in [0.25, 0.3) is 5.76 Å². The summed E-state index contributed by atoms with van der Waals surface area (Å²) in [6.07, 6.45) is 0. The largest absolute Gasteiger partial charge is 0.507 e. The van der Waals surface area contributed by atoms with Crippen LogP contribution in [0.1, 0.15) is 34.5 Å². The van der Waals surface area contributed by atoms with Crippen molar-refractivity contribution in [2.75, 3.05) is 11.5 Å². The predicted octanol–water partition coefficient (Wildman–Crippen LogP) is 6.66. The van der Waals surface area contributed by atoms with Crippen LogP contribution in [0.15, 0.2) is 95.9 Å². The molecule has 192 valence electrons. The zero-order chi connectivity index (χ0) is 26.6. The van der Waals surface area contributed by atoms with Gasteiger partial charge in [-0.2, -0.15) is 0 Å². The minimum absolute atomic E-state index is 0.0606. The van der Waals surface area contributed by atoms with Gasteiger partial charge in [-0.25, -0.2) is 0 Å². The number of thiophene rings is 1. The van der Waals surface area contributed by atoms with Crippen molar-refractivity contribution in [3.05, 3.63) is 117 Å². The van der Waals surface area contributed by atoms with Crippen LogP contribution in [0.2, 0.25) is 0 Å². The van der Waals surface area contributed by atoms with Crippen molar-refractivity contribution >= 4 is 34.5 Å². The molecule has 0 saturated carbocycles. The third kappa shape index (κ3) is 4.93. The molecule has 1 atom stereocenters. The number of amides is 1. The van der Waals surface area contributed by atoms with E-state index in [4.69, 9.17) is 9.47 Å². The maximum Gasteiger partial charge on any atom is 0.300 e. The van der Waals surface area contributed by atoms with Gasteiger partial charge in [-0.3, -0.25) is 14.5 Å². The number of aliphatic hydroxyl groups excluding tert-OH is 1. The summed E-state index contributed by atoms with van der Waals surface area (Å²) in [5.41, 5.74) is 2.92. The van der Waals surface area contributed by atoms with Crippen molar-refractivity contribution in [2.24, 2.45) is 0 Å². The fourth-order valence-corrected chi connectivity index (χ4v) is 5.35. The molecule has 5 rings (SSSR count). The lowest BCUT2D eigenvalue weighted by Gasteiger charge is -2.24. The van der Waals surface area contributed by atoms with E-state index in [1.165, 1.54) is 16.2 Å². The van der Waals surface area contributed by atoms with Gasteiger partial charge in [0.2, 0.25) is 0 Å². The number of carbonyl (C=O) groups excluding carboxylic acids is 2. The molecule has 1 unspecified atom stereocenters. The minimum Gasteiger partial charge on any atom is -0.507 e. The van der Waals surface area contributed by atoms with Crippen molar-refractivity contribution in [3.63, 3.8) is 0 Å². The zero-order valence-corrected chi connectivity index (χ0v) is 21.9. The summed E-state index contributed by atoms with van der Waals surface area (Å²) in [5, 5.41) is 13.2. The van der Waals surface area contributed by atoms with Crippen LogP contribution in [0.5, 0.6) is 11.5 Å². The molecule has 0 radical (unpaired) electrons. The molecule has 1 saturated heterocycles. The first-order valence-corrected chi connectivity index (χ1v) is 13.2. The molecular weight excluding hydrogens is 498 g/mol. The van der Waals surface area contributed by atoms with E-state index in [1.54, 1.807) is 42.5 Å². The third-order valence-electron chi connectivity index (χ3n) is 6.37. The number of carbonyl (C=O) groups is 2. The lowest BCUT2D eigenvalue weighted by Crippen LogP contribution is -2.29. The summed E-state index contributed by atoms with van der Waals surface area (Å²) in [4.78, 5) is 28.9. The molecule has 1 aliphatic rings. The van der Waals surface area contributed by atoms with Gasteiger partial charge in [-0.1, -0.05) is 36.4 Å². The number of ketones is 1. The Morgan fingerprint density at radius 3 is 2.37 bits per heavy atom. The van der Waals surface area contributed by atoms with Crippen molar-refractivity contribution in [1.82, 2.24) is 0 Å². The van der Waals surface area contributed by atoms with Gasteiger partial charge < -0.3 is 14.6 Å². The van der Waals surface area contributed by atoms with Crippen molar-refractivity contribution < 1.29 is 24.2 Å². The molecule has 1 amide bonds. The molecule has 1 aromatic heterocycles.